The van der Waals surface area contributed by atoms with E-state index in [1.807, 2.05) is 6.92 Å². The Morgan fingerprint density at radius 3 is 2.94 bits per heavy atom. The van der Waals surface area contributed by atoms with Crippen molar-refractivity contribution in [3.05, 3.63) is 29.3 Å². The summed E-state index contributed by atoms with van der Waals surface area (Å²) in [6.45, 7) is 3.58. The second-order valence-corrected chi connectivity index (χ2v) is 4.99. The highest BCUT2D eigenvalue weighted by molar-refractivity contribution is 5.94. The van der Waals surface area contributed by atoms with Gasteiger partial charge in [0.05, 0.1) is 0 Å². The molecule has 4 heteroatoms. The monoisotopic (exact) mass is 248 g/mol. The summed E-state index contributed by atoms with van der Waals surface area (Å²) in [5.41, 5.74) is 1.29. The number of phenolic OH excluding ortho intramolecular Hbond substituents is 1. The molecule has 0 aliphatic carbocycles. The molecule has 2 rings (SSSR count). The Labute approximate surface area is 108 Å². The lowest BCUT2D eigenvalue weighted by atomic mass is 10.1. The Hall–Kier alpha value is -1.55. The van der Waals surface area contributed by atoms with Crippen molar-refractivity contribution in [2.75, 3.05) is 20.1 Å². The molecule has 0 radical (unpaired) electrons. The van der Waals surface area contributed by atoms with Crippen molar-refractivity contribution in [2.45, 2.75) is 25.8 Å². The number of likely N-dealkylation sites (N-methyl/N-ethyl adjacent to an activating group) is 1. The average molecular weight is 248 g/mol. The molecule has 2 N–H and O–H groups in total. The van der Waals surface area contributed by atoms with Gasteiger partial charge in [-0.05, 0) is 51.1 Å². The number of benzene rings is 1. The molecule has 18 heavy (non-hydrogen) atoms. The van der Waals surface area contributed by atoms with Gasteiger partial charge in [-0.3, -0.25) is 4.79 Å². The Morgan fingerprint density at radius 2 is 2.33 bits per heavy atom. The standard InChI is InChI=1S/C14H20N2O2/c1-10-5-6-11(8-13(10)17)14(18)15-9-12-4-3-7-16(12)2/h5-6,8,12,17H,3-4,7,9H2,1-2H3,(H,15,18). The molecule has 1 aliphatic heterocycles. The van der Waals surface area contributed by atoms with Crippen molar-refractivity contribution in [3.63, 3.8) is 0 Å². The zero-order valence-corrected chi connectivity index (χ0v) is 10.9. The van der Waals surface area contributed by atoms with Crippen molar-refractivity contribution >= 4 is 5.91 Å². The van der Waals surface area contributed by atoms with Gasteiger partial charge in [0.15, 0.2) is 0 Å². The summed E-state index contributed by atoms with van der Waals surface area (Å²) in [5, 5.41) is 12.5. The van der Waals surface area contributed by atoms with E-state index in [2.05, 4.69) is 17.3 Å². The molecule has 0 saturated carbocycles. The molecular formula is C14H20N2O2. The first-order valence-corrected chi connectivity index (χ1v) is 6.36. The van der Waals surface area contributed by atoms with Gasteiger partial charge in [0.1, 0.15) is 5.75 Å². The lowest BCUT2D eigenvalue weighted by molar-refractivity contribution is 0.0943. The lowest BCUT2D eigenvalue weighted by Gasteiger charge is -2.19. The molecule has 98 valence electrons. The smallest absolute Gasteiger partial charge is 0.251 e. The van der Waals surface area contributed by atoms with E-state index < -0.39 is 0 Å². The topological polar surface area (TPSA) is 52.6 Å². The maximum absolute atomic E-state index is 11.9. The van der Waals surface area contributed by atoms with E-state index in [1.54, 1.807) is 12.1 Å². The molecule has 0 bridgehead atoms. The third-order valence-corrected chi connectivity index (χ3v) is 3.64. The van der Waals surface area contributed by atoms with Gasteiger partial charge in [0, 0.05) is 18.2 Å². The molecule has 1 aromatic carbocycles. The van der Waals surface area contributed by atoms with Crippen LogP contribution in [0.4, 0.5) is 0 Å². The number of carbonyl (C=O) groups is 1. The number of carbonyl (C=O) groups excluding carboxylic acids is 1. The molecule has 1 heterocycles. The molecule has 1 unspecified atom stereocenters. The van der Waals surface area contributed by atoms with Crippen LogP contribution in [0.15, 0.2) is 18.2 Å². The van der Waals surface area contributed by atoms with Crippen LogP contribution in [0.3, 0.4) is 0 Å². The van der Waals surface area contributed by atoms with Crippen LogP contribution in [-0.4, -0.2) is 42.1 Å². The van der Waals surface area contributed by atoms with Crippen molar-refractivity contribution in [2.24, 2.45) is 0 Å². The molecule has 4 nitrogen and oxygen atoms in total. The summed E-state index contributed by atoms with van der Waals surface area (Å²) in [4.78, 5) is 14.2. The second-order valence-electron chi connectivity index (χ2n) is 4.99. The number of amides is 1. The van der Waals surface area contributed by atoms with Crippen molar-refractivity contribution in [1.29, 1.82) is 0 Å². The number of rotatable bonds is 3. The zero-order chi connectivity index (χ0) is 13.1. The Morgan fingerprint density at radius 1 is 1.56 bits per heavy atom. The third-order valence-electron chi connectivity index (χ3n) is 3.64. The van der Waals surface area contributed by atoms with E-state index in [0.29, 0.717) is 18.2 Å². The van der Waals surface area contributed by atoms with E-state index in [4.69, 9.17) is 0 Å². The Kier molecular flexibility index (Phi) is 3.87. The summed E-state index contributed by atoms with van der Waals surface area (Å²) in [5.74, 6) is 0.0474. The fraction of sp³-hybridized carbons (Fsp3) is 0.500. The van der Waals surface area contributed by atoms with Gasteiger partial charge in [0.25, 0.3) is 5.91 Å². The fourth-order valence-electron chi connectivity index (χ4n) is 2.30. The number of hydrogen-bond acceptors (Lipinski definition) is 3. The molecule has 1 atom stereocenters. The first-order valence-electron chi connectivity index (χ1n) is 6.36. The van der Waals surface area contributed by atoms with Crippen LogP contribution in [0.2, 0.25) is 0 Å². The SMILES string of the molecule is Cc1ccc(C(=O)NCC2CCCN2C)cc1O. The van der Waals surface area contributed by atoms with Gasteiger partial charge < -0.3 is 15.3 Å². The molecule has 1 fully saturated rings. The zero-order valence-electron chi connectivity index (χ0n) is 10.9. The number of likely N-dealkylation sites (tertiary alicyclic amines) is 1. The van der Waals surface area contributed by atoms with E-state index in [-0.39, 0.29) is 11.7 Å². The highest BCUT2D eigenvalue weighted by atomic mass is 16.3. The van der Waals surface area contributed by atoms with E-state index >= 15 is 0 Å². The molecule has 1 saturated heterocycles. The predicted molar refractivity (Wildman–Crippen MR) is 70.8 cm³/mol. The maximum atomic E-state index is 11.9. The number of nitrogens with one attached hydrogen (secondary N) is 1. The molecule has 0 aromatic heterocycles. The Bertz CT molecular complexity index is 445. The first kappa shape index (κ1) is 12.9. The van der Waals surface area contributed by atoms with Crippen LogP contribution >= 0.6 is 0 Å². The van der Waals surface area contributed by atoms with Crippen LogP contribution < -0.4 is 5.32 Å². The minimum Gasteiger partial charge on any atom is -0.508 e. The summed E-state index contributed by atoms with van der Waals surface area (Å²) in [7, 11) is 2.08. The molecule has 1 aromatic rings. The largest absolute Gasteiger partial charge is 0.508 e. The second kappa shape index (κ2) is 5.40. The fourth-order valence-corrected chi connectivity index (χ4v) is 2.30. The average Bonchev–Trinajstić information content (AvgIpc) is 2.75. The lowest BCUT2D eigenvalue weighted by Crippen LogP contribution is -2.38. The van der Waals surface area contributed by atoms with Crippen LogP contribution in [0.25, 0.3) is 0 Å². The molecule has 0 spiro atoms. The van der Waals surface area contributed by atoms with Crippen LogP contribution in [0.5, 0.6) is 5.75 Å². The van der Waals surface area contributed by atoms with E-state index in [0.717, 1.165) is 18.5 Å². The van der Waals surface area contributed by atoms with Crippen molar-refractivity contribution in [1.82, 2.24) is 10.2 Å². The minimum absolute atomic E-state index is 0.120. The number of phenols is 1. The van der Waals surface area contributed by atoms with Gasteiger partial charge in [-0.25, -0.2) is 0 Å². The molecule has 1 amide bonds. The summed E-state index contributed by atoms with van der Waals surface area (Å²) >= 11 is 0. The summed E-state index contributed by atoms with van der Waals surface area (Å²) in [6.07, 6.45) is 2.33. The van der Waals surface area contributed by atoms with Gasteiger partial charge in [-0.1, -0.05) is 6.07 Å². The quantitative estimate of drug-likeness (QED) is 0.853. The van der Waals surface area contributed by atoms with Crippen LogP contribution in [-0.2, 0) is 0 Å². The Balaban J connectivity index is 1.93. The van der Waals surface area contributed by atoms with Gasteiger partial charge in [-0.15, -0.1) is 0 Å². The highest BCUT2D eigenvalue weighted by Gasteiger charge is 2.21. The first-order chi connectivity index (χ1) is 8.58. The number of aryl methyl sites for hydroxylation is 1. The van der Waals surface area contributed by atoms with Gasteiger partial charge in [-0.2, -0.15) is 0 Å². The van der Waals surface area contributed by atoms with Crippen molar-refractivity contribution in [3.8, 4) is 5.75 Å². The summed E-state index contributed by atoms with van der Waals surface area (Å²) < 4.78 is 0. The highest BCUT2D eigenvalue weighted by Crippen LogP contribution is 2.18. The molecular weight excluding hydrogens is 228 g/mol. The van der Waals surface area contributed by atoms with Crippen molar-refractivity contribution < 1.29 is 9.90 Å². The third kappa shape index (κ3) is 2.82. The van der Waals surface area contributed by atoms with E-state index in [9.17, 15) is 9.90 Å². The van der Waals surface area contributed by atoms with Crippen LogP contribution in [0.1, 0.15) is 28.8 Å². The normalized spacial score (nSPS) is 20.0. The number of aromatic hydroxyl groups is 1. The van der Waals surface area contributed by atoms with Crippen LogP contribution in [0, 0.1) is 6.92 Å². The summed E-state index contributed by atoms with van der Waals surface area (Å²) in [6, 6.07) is 5.45. The molecule has 1 aliphatic rings. The van der Waals surface area contributed by atoms with Gasteiger partial charge in [0.2, 0.25) is 0 Å². The van der Waals surface area contributed by atoms with E-state index in [1.165, 1.54) is 12.5 Å². The number of nitrogens with zero attached hydrogens (tertiary/aromatic N) is 1. The van der Waals surface area contributed by atoms with Gasteiger partial charge >= 0.3 is 0 Å². The number of hydrogen-bond donors (Lipinski definition) is 2. The maximum Gasteiger partial charge on any atom is 0.251 e. The minimum atomic E-state index is -0.120. The predicted octanol–water partition coefficient (Wildman–Crippen LogP) is 1.52.